The van der Waals surface area contributed by atoms with Gasteiger partial charge >= 0.3 is 13.7 Å². The third-order valence-electron chi connectivity index (χ3n) is 5.66. The normalized spacial score (nSPS) is 19.4. The molecule has 0 spiro atoms. The van der Waals surface area contributed by atoms with E-state index in [2.05, 4.69) is 42.6 Å². The zero-order valence-corrected chi connectivity index (χ0v) is 24.5. The van der Waals surface area contributed by atoms with Crippen molar-refractivity contribution in [3.63, 3.8) is 0 Å². The molecule has 3 aromatic rings. The maximum atomic E-state index is 13.8. The molecule has 0 fully saturated rings. The summed E-state index contributed by atoms with van der Waals surface area (Å²) < 4.78 is 38.8. The lowest BCUT2D eigenvalue weighted by atomic mass is 10.1. The van der Waals surface area contributed by atoms with Gasteiger partial charge in [0.05, 0.1) is 32.2 Å². The molecule has 1 unspecified atom stereocenters. The number of fused-ring (bicyclic) bond motifs is 1. The summed E-state index contributed by atoms with van der Waals surface area (Å²) in [4.78, 5) is 25.1. The summed E-state index contributed by atoms with van der Waals surface area (Å²) in [7, 11) is -2.46. The van der Waals surface area contributed by atoms with Gasteiger partial charge in [-0.2, -0.15) is 15.1 Å². The van der Waals surface area contributed by atoms with Crippen LogP contribution in [0.25, 0.3) is 11.2 Å². The number of hydrogen-bond donors (Lipinski definition) is 2. The van der Waals surface area contributed by atoms with E-state index in [1.54, 1.807) is 39.2 Å². The minimum atomic E-state index is -3.96. The van der Waals surface area contributed by atoms with Crippen molar-refractivity contribution >= 4 is 53.4 Å². The Labute approximate surface area is 234 Å². The van der Waals surface area contributed by atoms with E-state index in [1.807, 2.05) is 28.9 Å². The number of carbonyl (C=O) groups is 1. The smallest absolute Gasteiger partial charge is 0.459 e. The molecule has 14 heteroatoms. The molecule has 3 N–H and O–H groups in total. The van der Waals surface area contributed by atoms with Crippen molar-refractivity contribution in [1.29, 1.82) is 0 Å². The molecule has 1 aliphatic carbocycles. The van der Waals surface area contributed by atoms with Crippen LogP contribution in [-0.2, 0) is 18.6 Å². The average molecular weight is 656 g/mol. The predicted molar refractivity (Wildman–Crippen MR) is 150 cm³/mol. The van der Waals surface area contributed by atoms with Gasteiger partial charge in [0.2, 0.25) is 11.8 Å². The van der Waals surface area contributed by atoms with E-state index in [1.165, 1.54) is 7.11 Å². The molecule has 38 heavy (non-hydrogen) atoms. The second-order valence-electron chi connectivity index (χ2n) is 9.04. The highest BCUT2D eigenvalue weighted by Gasteiger charge is 2.34. The van der Waals surface area contributed by atoms with Crippen molar-refractivity contribution < 1.29 is 27.9 Å². The van der Waals surface area contributed by atoms with Gasteiger partial charge in [0.25, 0.3) is 0 Å². The molecular weight excluding hydrogens is 626 g/mol. The summed E-state index contributed by atoms with van der Waals surface area (Å²) in [5.74, 6) is 0.0916. The first-order valence-electron chi connectivity index (χ1n) is 12.0. The lowest BCUT2D eigenvalue weighted by Crippen LogP contribution is -2.36. The monoisotopic (exact) mass is 656 g/mol. The number of esters is 1. The highest BCUT2D eigenvalue weighted by molar-refractivity contribution is 14.1. The van der Waals surface area contributed by atoms with Crippen LogP contribution in [0.15, 0.2) is 42.7 Å². The summed E-state index contributed by atoms with van der Waals surface area (Å²) in [6.45, 7) is 5.12. The summed E-state index contributed by atoms with van der Waals surface area (Å²) in [5, 5.41) is 2.72. The number of nitrogens with zero attached hydrogens (tertiary/aromatic N) is 4. The SMILES string of the molecule is COc1nc(N)nc2c1ncn2[C@H]1C=C[C@@H](COP(=O)(N[C@@H](C)C(=O)OC(C)C)Oc2ccc(I)cc2)C1. The van der Waals surface area contributed by atoms with E-state index in [0.717, 1.165) is 3.57 Å². The number of nitrogen functional groups attached to an aromatic ring is 1. The third kappa shape index (κ3) is 6.82. The Morgan fingerprint density at radius 1 is 1.24 bits per heavy atom. The van der Waals surface area contributed by atoms with Crippen LogP contribution in [-0.4, -0.2) is 51.4 Å². The summed E-state index contributed by atoms with van der Waals surface area (Å²) >= 11 is 2.16. The number of allylic oxidation sites excluding steroid dienone is 1. The van der Waals surface area contributed by atoms with E-state index in [-0.39, 0.29) is 30.6 Å². The van der Waals surface area contributed by atoms with Crippen LogP contribution < -0.4 is 20.1 Å². The number of aromatic nitrogens is 4. The van der Waals surface area contributed by atoms with Crippen molar-refractivity contribution in [3.05, 3.63) is 46.3 Å². The van der Waals surface area contributed by atoms with Crippen molar-refractivity contribution in [2.45, 2.75) is 45.4 Å². The molecule has 4 rings (SSSR count). The highest BCUT2D eigenvalue weighted by atomic mass is 127. The lowest BCUT2D eigenvalue weighted by molar-refractivity contribution is -0.149. The Kier molecular flexibility index (Phi) is 8.91. The van der Waals surface area contributed by atoms with E-state index in [0.29, 0.717) is 29.2 Å². The topological polar surface area (TPSA) is 153 Å². The van der Waals surface area contributed by atoms with Crippen LogP contribution in [0.1, 0.15) is 33.2 Å². The molecular formula is C24H30IN6O6P. The fourth-order valence-electron chi connectivity index (χ4n) is 3.92. The van der Waals surface area contributed by atoms with Gasteiger partial charge < -0.3 is 24.3 Å². The van der Waals surface area contributed by atoms with Gasteiger partial charge in [-0.3, -0.25) is 9.32 Å². The van der Waals surface area contributed by atoms with Crippen LogP contribution >= 0.6 is 30.3 Å². The number of halogens is 1. The van der Waals surface area contributed by atoms with Crippen LogP contribution in [0.3, 0.4) is 0 Å². The minimum absolute atomic E-state index is 0.0840. The van der Waals surface area contributed by atoms with Crippen LogP contribution in [0.4, 0.5) is 5.95 Å². The number of rotatable bonds is 11. The van der Waals surface area contributed by atoms with Crippen molar-refractivity contribution in [1.82, 2.24) is 24.6 Å². The van der Waals surface area contributed by atoms with E-state index < -0.39 is 19.8 Å². The third-order valence-corrected chi connectivity index (χ3v) is 8.02. The predicted octanol–water partition coefficient (Wildman–Crippen LogP) is 4.27. The maximum absolute atomic E-state index is 13.8. The average Bonchev–Trinajstić information content (AvgIpc) is 3.50. The zero-order valence-electron chi connectivity index (χ0n) is 21.4. The fourth-order valence-corrected chi connectivity index (χ4v) is 5.82. The maximum Gasteiger partial charge on any atom is 0.459 e. The van der Waals surface area contributed by atoms with Gasteiger partial charge in [-0.1, -0.05) is 12.2 Å². The quantitative estimate of drug-likeness (QED) is 0.132. The molecule has 4 atom stereocenters. The number of nitrogens with one attached hydrogen (secondary N) is 1. The van der Waals surface area contributed by atoms with Gasteiger partial charge in [0, 0.05) is 9.49 Å². The van der Waals surface area contributed by atoms with Gasteiger partial charge in [-0.05, 0) is 74.0 Å². The molecule has 0 bridgehead atoms. The molecule has 0 saturated heterocycles. The highest BCUT2D eigenvalue weighted by Crippen LogP contribution is 2.46. The van der Waals surface area contributed by atoms with Crippen molar-refractivity contribution in [3.8, 4) is 11.6 Å². The van der Waals surface area contributed by atoms with Gasteiger partial charge in [-0.15, -0.1) is 0 Å². The Balaban J connectivity index is 1.46. The number of nitrogens with two attached hydrogens (primary N) is 1. The summed E-state index contributed by atoms with van der Waals surface area (Å²) in [6.07, 6.45) is 5.95. The largest absolute Gasteiger partial charge is 0.479 e. The van der Waals surface area contributed by atoms with Crippen LogP contribution in [0, 0.1) is 9.49 Å². The molecule has 0 aliphatic heterocycles. The molecule has 1 aromatic carbocycles. The van der Waals surface area contributed by atoms with E-state index >= 15 is 0 Å². The Bertz CT molecular complexity index is 1360. The number of ether oxygens (including phenoxy) is 2. The van der Waals surface area contributed by atoms with Gasteiger partial charge in [0.1, 0.15) is 11.8 Å². The fraction of sp³-hybridized carbons (Fsp3) is 0.417. The number of hydrogen-bond acceptors (Lipinski definition) is 10. The zero-order chi connectivity index (χ0) is 27.4. The molecule has 0 radical (unpaired) electrons. The minimum Gasteiger partial charge on any atom is -0.479 e. The Morgan fingerprint density at radius 2 is 1.97 bits per heavy atom. The number of imidazole rings is 1. The first kappa shape index (κ1) is 28.3. The second-order valence-corrected chi connectivity index (χ2v) is 12.0. The second kappa shape index (κ2) is 12.0. The standard InChI is InChI=1S/C24H30IN6O6P/c1-14(2)36-23(32)15(3)30-38(33,37-19-9-6-17(25)7-10-19)35-12-16-5-8-18(11-16)31-13-27-20-21(31)28-24(26)29-22(20)34-4/h5-10,13-16,18H,11-12H2,1-4H3,(H,30,33)(H2,26,28,29)/t15-,16+,18-,38?/m0/s1. The van der Waals surface area contributed by atoms with Gasteiger partial charge in [0.15, 0.2) is 11.2 Å². The Morgan fingerprint density at radius 3 is 2.66 bits per heavy atom. The van der Waals surface area contributed by atoms with Crippen molar-refractivity contribution in [2.24, 2.45) is 5.92 Å². The summed E-state index contributed by atoms with van der Waals surface area (Å²) in [6, 6.07) is 6.01. The van der Waals surface area contributed by atoms with Crippen LogP contribution in [0.5, 0.6) is 11.6 Å². The first-order valence-corrected chi connectivity index (χ1v) is 14.6. The molecule has 12 nitrogen and oxygen atoms in total. The number of anilines is 1. The molecule has 2 aromatic heterocycles. The van der Waals surface area contributed by atoms with Gasteiger partial charge in [-0.25, -0.2) is 9.55 Å². The van der Waals surface area contributed by atoms with Crippen molar-refractivity contribution in [2.75, 3.05) is 19.5 Å². The van der Waals surface area contributed by atoms with E-state index in [9.17, 15) is 9.36 Å². The number of methoxy groups -OCH3 is 1. The molecule has 2 heterocycles. The molecule has 0 amide bonds. The number of benzene rings is 1. The first-order chi connectivity index (χ1) is 18.1. The molecule has 0 saturated carbocycles. The summed E-state index contributed by atoms with van der Waals surface area (Å²) in [5.41, 5.74) is 6.91. The lowest BCUT2D eigenvalue weighted by Gasteiger charge is -2.24. The number of carbonyl (C=O) groups excluding carboxylic acids is 1. The van der Waals surface area contributed by atoms with E-state index in [4.69, 9.17) is 24.3 Å². The van der Waals surface area contributed by atoms with Crippen LogP contribution in [0.2, 0.25) is 0 Å². The molecule has 204 valence electrons. The molecule has 1 aliphatic rings. The Hall–Kier alpha value is -2.74.